The van der Waals surface area contributed by atoms with E-state index in [9.17, 15) is 4.79 Å². The summed E-state index contributed by atoms with van der Waals surface area (Å²) in [5.41, 5.74) is 9.66. The summed E-state index contributed by atoms with van der Waals surface area (Å²) in [7, 11) is 0. The van der Waals surface area contributed by atoms with Crippen molar-refractivity contribution in [2.24, 2.45) is 11.1 Å². The minimum atomic E-state index is -0.458. The first-order chi connectivity index (χ1) is 9.90. The third kappa shape index (κ3) is 2.10. The second-order valence-corrected chi connectivity index (χ2v) is 7.28. The number of nitrogens with two attached hydrogens (primary N) is 1. The van der Waals surface area contributed by atoms with Gasteiger partial charge in [-0.2, -0.15) is 0 Å². The Morgan fingerprint density at radius 2 is 1.95 bits per heavy atom. The average Bonchev–Trinajstić information content (AvgIpc) is 3.04. The Morgan fingerprint density at radius 1 is 1.29 bits per heavy atom. The minimum absolute atomic E-state index is 0.0711. The molecule has 0 bridgehead atoms. The highest BCUT2D eigenvalue weighted by atomic mass is 16.2. The molecular weight excluding hydrogens is 260 g/mol. The van der Waals surface area contributed by atoms with Gasteiger partial charge in [-0.3, -0.25) is 4.79 Å². The molecule has 1 fully saturated rings. The predicted molar refractivity (Wildman–Crippen MR) is 86.2 cm³/mol. The third-order valence-electron chi connectivity index (χ3n) is 5.86. The number of anilines is 1. The Balaban J connectivity index is 1.98. The number of fused-ring (bicyclic) bond motifs is 1. The third-order valence-corrected chi connectivity index (χ3v) is 5.86. The zero-order chi connectivity index (χ0) is 15.3. The van der Waals surface area contributed by atoms with E-state index in [2.05, 4.69) is 24.4 Å². The van der Waals surface area contributed by atoms with Crippen molar-refractivity contribution in [3.8, 4) is 0 Å². The molecule has 1 atom stereocenters. The van der Waals surface area contributed by atoms with Gasteiger partial charge in [-0.05, 0) is 55.7 Å². The lowest BCUT2D eigenvalue weighted by Gasteiger charge is -2.35. The molecule has 1 aliphatic carbocycles. The van der Waals surface area contributed by atoms with E-state index in [0.717, 1.165) is 17.7 Å². The molecule has 0 spiro atoms. The highest BCUT2D eigenvalue weighted by Gasteiger charge is 2.41. The summed E-state index contributed by atoms with van der Waals surface area (Å²) in [6.45, 7) is 6.22. The highest BCUT2D eigenvalue weighted by Crippen LogP contribution is 2.50. The summed E-state index contributed by atoms with van der Waals surface area (Å²) in [4.78, 5) is 12.1. The van der Waals surface area contributed by atoms with Gasteiger partial charge in [0.05, 0.1) is 5.41 Å². The van der Waals surface area contributed by atoms with Crippen molar-refractivity contribution in [1.29, 1.82) is 0 Å². The maximum Gasteiger partial charge on any atom is 0.234 e. The molecule has 114 valence electrons. The van der Waals surface area contributed by atoms with Crippen LogP contribution < -0.4 is 11.1 Å². The first kappa shape index (κ1) is 14.6. The van der Waals surface area contributed by atoms with Gasteiger partial charge in [-0.25, -0.2) is 0 Å². The van der Waals surface area contributed by atoms with Crippen molar-refractivity contribution in [1.82, 2.24) is 0 Å². The highest BCUT2D eigenvalue weighted by molar-refractivity contribution is 6.05. The normalized spacial score (nSPS) is 23.7. The monoisotopic (exact) mass is 286 g/mol. The number of hydrogen-bond acceptors (Lipinski definition) is 2. The van der Waals surface area contributed by atoms with Crippen LogP contribution >= 0.6 is 0 Å². The van der Waals surface area contributed by atoms with Gasteiger partial charge in [0.2, 0.25) is 5.91 Å². The van der Waals surface area contributed by atoms with Crippen LogP contribution in [0.2, 0.25) is 0 Å². The van der Waals surface area contributed by atoms with Crippen LogP contribution in [0.3, 0.4) is 0 Å². The molecule has 0 saturated heterocycles. The van der Waals surface area contributed by atoms with Crippen LogP contribution in [0.1, 0.15) is 70.0 Å². The predicted octanol–water partition coefficient (Wildman–Crippen LogP) is 3.89. The van der Waals surface area contributed by atoms with Crippen molar-refractivity contribution >= 4 is 11.6 Å². The van der Waals surface area contributed by atoms with Crippen molar-refractivity contribution in [3.63, 3.8) is 0 Å². The van der Waals surface area contributed by atoms with Crippen LogP contribution in [-0.2, 0) is 10.2 Å². The van der Waals surface area contributed by atoms with Crippen LogP contribution in [0.15, 0.2) is 18.2 Å². The van der Waals surface area contributed by atoms with Gasteiger partial charge in [0.25, 0.3) is 0 Å². The number of carbonyl (C=O) groups excluding carboxylic acids is 1. The van der Waals surface area contributed by atoms with Crippen LogP contribution in [0.4, 0.5) is 5.69 Å². The van der Waals surface area contributed by atoms with Gasteiger partial charge in [0.15, 0.2) is 0 Å². The molecule has 0 aromatic heterocycles. The van der Waals surface area contributed by atoms with Gasteiger partial charge in [0, 0.05) is 11.7 Å². The van der Waals surface area contributed by atoms with E-state index >= 15 is 0 Å². The minimum Gasteiger partial charge on any atom is -0.325 e. The summed E-state index contributed by atoms with van der Waals surface area (Å²) < 4.78 is 0. The van der Waals surface area contributed by atoms with Gasteiger partial charge in [0.1, 0.15) is 0 Å². The number of carbonyl (C=O) groups is 1. The fraction of sp³-hybridized carbons (Fsp3) is 0.611. The molecule has 1 amide bonds. The summed E-state index contributed by atoms with van der Waals surface area (Å²) in [5.74, 6) is 0.0780. The van der Waals surface area contributed by atoms with Crippen molar-refractivity contribution in [2.75, 3.05) is 5.32 Å². The van der Waals surface area contributed by atoms with Crippen LogP contribution in [-0.4, -0.2) is 5.91 Å². The molecule has 1 aromatic rings. The molecule has 3 nitrogen and oxygen atoms in total. The molecule has 1 unspecified atom stereocenters. The molecular formula is C18H26N2O. The van der Waals surface area contributed by atoms with E-state index in [4.69, 9.17) is 5.73 Å². The molecule has 1 heterocycles. The topological polar surface area (TPSA) is 55.1 Å². The standard InChI is InChI=1S/C18H26N2O/c1-4-18(9-5-6-10-18)15(19)12-7-8-14-13(11-12)17(2,3)16(21)20-14/h7-8,11,15H,4-6,9-10,19H2,1-3H3,(H,20,21). The molecule has 3 rings (SSSR count). The summed E-state index contributed by atoms with van der Waals surface area (Å²) in [5, 5.41) is 2.97. The SMILES string of the molecule is CCC1(C(N)c2ccc3c(c2)C(C)(C)C(=O)N3)CCCC1. The zero-order valence-corrected chi connectivity index (χ0v) is 13.3. The molecule has 0 radical (unpaired) electrons. The molecule has 3 N–H and O–H groups in total. The summed E-state index contributed by atoms with van der Waals surface area (Å²) in [6.07, 6.45) is 6.16. The maximum atomic E-state index is 12.1. The Bertz CT molecular complexity index is 571. The van der Waals surface area contributed by atoms with E-state index in [-0.39, 0.29) is 17.4 Å². The largest absolute Gasteiger partial charge is 0.325 e. The molecule has 1 aliphatic heterocycles. The first-order valence-corrected chi connectivity index (χ1v) is 8.12. The number of nitrogens with one attached hydrogen (secondary N) is 1. The molecule has 1 aromatic carbocycles. The first-order valence-electron chi connectivity index (χ1n) is 8.12. The van der Waals surface area contributed by atoms with Crippen molar-refractivity contribution < 1.29 is 4.79 Å². The second-order valence-electron chi connectivity index (χ2n) is 7.28. The zero-order valence-electron chi connectivity index (χ0n) is 13.3. The number of amides is 1. The molecule has 2 aliphatic rings. The number of hydrogen-bond donors (Lipinski definition) is 2. The molecule has 21 heavy (non-hydrogen) atoms. The van der Waals surface area contributed by atoms with Crippen LogP contribution in [0.25, 0.3) is 0 Å². The van der Waals surface area contributed by atoms with Crippen LogP contribution in [0.5, 0.6) is 0 Å². The fourth-order valence-corrected chi connectivity index (χ4v) is 4.10. The van der Waals surface area contributed by atoms with E-state index < -0.39 is 5.41 Å². The van der Waals surface area contributed by atoms with E-state index in [0.29, 0.717) is 0 Å². The maximum absolute atomic E-state index is 12.1. The lowest BCUT2D eigenvalue weighted by atomic mass is 9.73. The molecule has 3 heteroatoms. The Kier molecular flexibility index (Phi) is 3.36. The van der Waals surface area contributed by atoms with Gasteiger partial charge in [-0.15, -0.1) is 0 Å². The lowest BCUT2D eigenvalue weighted by Crippen LogP contribution is -2.32. The second kappa shape index (κ2) is 4.84. The quantitative estimate of drug-likeness (QED) is 0.885. The van der Waals surface area contributed by atoms with E-state index in [1.54, 1.807) is 0 Å². The number of rotatable bonds is 3. The van der Waals surface area contributed by atoms with Gasteiger partial charge in [-0.1, -0.05) is 31.9 Å². The lowest BCUT2D eigenvalue weighted by molar-refractivity contribution is -0.119. The van der Waals surface area contributed by atoms with Crippen LogP contribution in [0, 0.1) is 5.41 Å². The van der Waals surface area contributed by atoms with E-state index in [1.807, 2.05) is 19.9 Å². The Morgan fingerprint density at radius 3 is 2.57 bits per heavy atom. The Hall–Kier alpha value is -1.35. The summed E-state index contributed by atoms with van der Waals surface area (Å²) in [6, 6.07) is 6.35. The average molecular weight is 286 g/mol. The smallest absolute Gasteiger partial charge is 0.234 e. The van der Waals surface area contributed by atoms with Crippen molar-refractivity contribution in [2.45, 2.75) is 64.3 Å². The van der Waals surface area contributed by atoms with E-state index in [1.165, 1.54) is 31.2 Å². The number of benzene rings is 1. The van der Waals surface area contributed by atoms with Crippen molar-refractivity contribution in [3.05, 3.63) is 29.3 Å². The van der Waals surface area contributed by atoms with Gasteiger partial charge < -0.3 is 11.1 Å². The van der Waals surface area contributed by atoms with Gasteiger partial charge >= 0.3 is 0 Å². The Labute approximate surface area is 127 Å². The summed E-state index contributed by atoms with van der Waals surface area (Å²) >= 11 is 0. The fourth-order valence-electron chi connectivity index (χ4n) is 4.10. The molecule has 1 saturated carbocycles.